The van der Waals surface area contributed by atoms with Gasteiger partial charge in [0.25, 0.3) is 0 Å². The normalized spacial score (nSPS) is 13.9. The number of aliphatic hydroxyl groups is 1. The minimum absolute atomic E-state index is 0.000149. The van der Waals surface area contributed by atoms with E-state index in [0.717, 1.165) is 5.56 Å². The predicted molar refractivity (Wildman–Crippen MR) is 187 cm³/mol. The number of sulfonamides is 1. The van der Waals surface area contributed by atoms with Gasteiger partial charge in [0.15, 0.2) is 0 Å². The zero-order valence-corrected chi connectivity index (χ0v) is 29.5. The van der Waals surface area contributed by atoms with Crippen molar-refractivity contribution in [2.75, 3.05) is 19.6 Å². The summed E-state index contributed by atoms with van der Waals surface area (Å²) < 4.78 is 42.3. The van der Waals surface area contributed by atoms with Crippen molar-refractivity contribution in [1.82, 2.24) is 20.3 Å². The summed E-state index contributed by atoms with van der Waals surface area (Å²) in [5.74, 6) is -1.45. The summed E-state index contributed by atoms with van der Waals surface area (Å²) in [5.41, 5.74) is 1.31. The molecule has 0 saturated heterocycles. The van der Waals surface area contributed by atoms with E-state index in [1.807, 2.05) is 44.2 Å². The third-order valence-corrected chi connectivity index (χ3v) is 9.64. The highest BCUT2D eigenvalue weighted by Crippen LogP contribution is 2.22. The first-order valence-electron chi connectivity index (χ1n) is 16.2. The van der Waals surface area contributed by atoms with E-state index < -0.39 is 45.4 Å². The number of aliphatic hydroxyl groups excluding tert-OH is 1. The van der Waals surface area contributed by atoms with Crippen LogP contribution >= 0.6 is 0 Å². The summed E-state index contributed by atoms with van der Waals surface area (Å²) >= 11 is 0. The molecule has 0 heterocycles. The Hall–Kier alpha value is -4.04. The van der Waals surface area contributed by atoms with Crippen molar-refractivity contribution in [2.24, 2.45) is 16.5 Å². The van der Waals surface area contributed by atoms with Crippen LogP contribution in [0.25, 0.3) is 0 Å². The number of carbonyl (C=O) groups is 2. The van der Waals surface area contributed by atoms with Crippen molar-refractivity contribution < 1.29 is 27.5 Å². The highest BCUT2D eigenvalue weighted by molar-refractivity contribution is 7.89. The van der Waals surface area contributed by atoms with E-state index in [0.29, 0.717) is 11.1 Å². The number of halogens is 1. The van der Waals surface area contributed by atoms with Crippen LogP contribution in [0, 0.1) is 22.1 Å². The summed E-state index contributed by atoms with van der Waals surface area (Å²) in [4.78, 5) is 37.5. The molecule has 3 aromatic rings. The molecule has 2 amide bonds. The molecule has 3 rings (SSSR count). The summed E-state index contributed by atoms with van der Waals surface area (Å²) in [6.45, 7) is 8.95. The molecule has 49 heavy (non-hydrogen) atoms. The van der Waals surface area contributed by atoms with Gasteiger partial charge in [0, 0.05) is 19.6 Å². The maximum atomic E-state index is 13.9. The Balaban J connectivity index is 1.81. The van der Waals surface area contributed by atoms with Crippen LogP contribution in [-0.2, 0) is 39.1 Å². The Morgan fingerprint density at radius 1 is 0.898 bits per heavy atom. The molecule has 0 spiro atoms. The molecule has 0 aliphatic heterocycles. The quantitative estimate of drug-likeness (QED) is 0.146. The fourth-order valence-electron chi connectivity index (χ4n) is 5.28. The molecule has 0 unspecified atom stereocenters. The molecule has 0 saturated carbocycles. The standard InChI is InChI=1S/C36H48FN5O6S/c1-25(2)23-42(49(47,48)30-16-14-27(15-17-30)21-39-46)24-32(43)31(19-26-10-7-6-8-11-26)40-35(45)34(36(3,4)5)41-33(44)22-38-20-28-12-9-13-29(37)18-28/h6-18,25,31-32,34,38,43H,19-24H2,1-5H3,(H,40,45)(H,41,44)/t31-,32+,34+/m0/s1. The number of nitrogens with zero attached hydrogens (tertiary/aromatic N) is 2. The van der Waals surface area contributed by atoms with E-state index in [-0.39, 0.29) is 55.8 Å². The maximum absolute atomic E-state index is 13.9. The van der Waals surface area contributed by atoms with Gasteiger partial charge in [-0.2, -0.15) is 9.21 Å². The number of hydrogen-bond acceptors (Lipinski definition) is 8. The maximum Gasteiger partial charge on any atom is 0.243 e. The number of nitroso groups, excluding NO2 is 1. The van der Waals surface area contributed by atoms with Gasteiger partial charge in [-0.05, 0) is 58.7 Å². The van der Waals surface area contributed by atoms with E-state index >= 15 is 0 Å². The Morgan fingerprint density at radius 2 is 1.55 bits per heavy atom. The van der Waals surface area contributed by atoms with Crippen molar-refractivity contribution >= 4 is 21.8 Å². The Kier molecular flexibility index (Phi) is 14.5. The van der Waals surface area contributed by atoms with Crippen molar-refractivity contribution in [3.05, 3.63) is 106 Å². The number of nitrogens with one attached hydrogen (secondary N) is 3. The third-order valence-electron chi connectivity index (χ3n) is 7.80. The number of benzene rings is 3. The fraction of sp³-hybridized carbons (Fsp3) is 0.444. The minimum Gasteiger partial charge on any atom is -0.390 e. The molecule has 11 nitrogen and oxygen atoms in total. The van der Waals surface area contributed by atoms with E-state index in [9.17, 15) is 32.4 Å². The molecule has 13 heteroatoms. The molecular formula is C36H48FN5O6S. The lowest BCUT2D eigenvalue weighted by molar-refractivity contribution is -0.132. The Morgan fingerprint density at radius 3 is 2.14 bits per heavy atom. The van der Waals surface area contributed by atoms with Gasteiger partial charge >= 0.3 is 0 Å². The molecule has 3 atom stereocenters. The van der Waals surface area contributed by atoms with Gasteiger partial charge in [0.1, 0.15) is 18.4 Å². The highest BCUT2D eigenvalue weighted by Gasteiger charge is 2.36. The monoisotopic (exact) mass is 697 g/mol. The highest BCUT2D eigenvalue weighted by atomic mass is 32.2. The Bertz CT molecular complexity index is 1630. The molecule has 0 aliphatic carbocycles. The first kappa shape index (κ1) is 39.4. The van der Waals surface area contributed by atoms with Crippen LogP contribution in [-0.4, -0.2) is 67.5 Å². The van der Waals surface area contributed by atoms with Crippen LogP contribution in [0.3, 0.4) is 0 Å². The summed E-state index contributed by atoms with van der Waals surface area (Å²) in [6.07, 6.45) is -1.14. The van der Waals surface area contributed by atoms with Crippen molar-refractivity contribution in [2.45, 2.75) is 77.2 Å². The molecular weight excluding hydrogens is 649 g/mol. The lowest BCUT2D eigenvalue weighted by Gasteiger charge is -2.34. The lowest BCUT2D eigenvalue weighted by atomic mass is 9.85. The molecule has 266 valence electrons. The zero-order valence-electron chi connectivity index (χ0n) is 28.7. The van der Waals surface area contributed by atoms with Crippen LogP contribution in [0.15, 0.2) is 88.9 Å². The number of carbonyl (C=O) groups excluding carboxylic acids is 2. The second-order valence-electron chi connectivity index (χ2n) is 13.6. The van der Waals surface area contributed by atoms with Crippen LogP contribution in [0.5, 0.6) is 0 Å². The lowest BCUT2D eigenvalue weighted by Crippen LogP contribution is -2.59. The molecule has 0 fully saturated rings. The van der Waals surface area contributed by atoms with Gasteiger partial charge in [-0.1, -0.05) is 94.4 Å². The van der Waals surface area contributed by atoms with Crippen LogP contribution < -0.4 is 16.0 Å². The van der Waals surface area contributed by atoms with Crippen molar-refractivity contribution in [3.8, 4) is 0 Å². The number of amides is 2. The molecule has 3 aromatic carbocycles. The van der Waals surface area contributed by atoms with E-state index in [1.54, 1.807) is 32.9 Å². The predicted octanol–water partition coefficient (Wildman–Crippen LogP) is 4.15. The molecule has 0 aliphatic rings. The van der Waals surface area contributed by atoms with Gasteiger partial charge in [-0.25, -0.2) is 12.8 Å². The second kappa shape index (κ2) is 18.1. The average Bonchev–Trinajstić information content (AvgIpc) is 3.03. The number of hydrogen-bond donors (Lipinski definition) is 4. The van der Waals surface area contributed by atoms with Crippen LogP contribution in [0.1, 0.15) is 51.3 Å². The smallest absolute Gasteiger partial charge is 0.243 e. The van der Waals surface area contributed by atoms with Gasteiger partial charge < -0.3 is 21.1 Å². The summed E-state index contributed by atoms with van der Waals surface area (Å²) in [6, 6.07) is 19.1. The molecule has 0 aromatic heterocycles. The van der Waals surface area contributed by atoms with Crippen molar-refractivity contribution in [1.29, 1.82) is 0 Å². The number of rotatable bonds is 18. The fourth-order valence-corrected chi connectivity index (χ4v) is 6.90. The van der Waals surface area contributed by atoms with Gasteiger partial charge in [0.05, 0.1) is 23.6 Å². The van der Waals surface area contributed by atoms with Crippen LogP contribution in [0.4, 0.5) is 4.39 Å². The van der Waals surface area contributed by atoms with Gasteiger partial charge in [0.2, 0.25) is 21.8 Å². The Labute approximate surface area is 288 Å². The van der Waals surface area contributed by atoms with Gasteiger partial charge in [-0.15, -0.1) is 0 Å². The molecule has 4 N–H and O–H groups in total. The largest absolute Gasteiger partial charge is 0.390 e. The van der Waals surface area contributed by atoms with E-state index in [2.05, 4.69) is 21.1 Å². The SMILES string of the molecule is CC(C)CN(C[C@@H](O)[C@H](Cc1ccccc1)NC(=O)[C@@H](NC(=O)CNCc1cccc(F)c1)C(C)(C)C)S(=O)(=O)c1ccc(CN=O)cc1. The average molecular weight is 698 g/mol. The van der Waals surface area contributed by atoms with E-state index in [4.69, 9.17) is 0 Å². The van der Waals surface area contributed by atoms with Crippen LogP contribution in [0.2, 0.25) is 0 Å². The van der Waals surface area contributed by atoms with E-state index in [1.165, 1.54) is 40.7 Å². The molecule has 0 bridgehead atoms. The first-order chi connectivity index (χ1) is 23.1. The van der Waals surface area contributed by atoms with Crippen molar-refractivity contribution in [3.63, 3.8) is 0 Å². The second-order valence-corrected chi connectivity index (χ2v) is 15.6. The topological polar surface area (TPSA) is 157 Å². The summed E-state index contributed by atoms with van der Waals surface area (Å²) in [7, 11) is -4.08. The summed E-state index contributed by atoms with van der Waals surface area (Å²) in [5, 5.41) is 23.1. The zero-order chi connectivity index (χ0) is 36.2. The third kappa shape index (κ3) is 12.4. The first-order valence-corrected chi connectivity index (χ1v) is 17.7. The minimum atomic E-state index is -4.08. The van der Waals surface area contributed by atoms with Gasteiger partial charge in [-0.3, -0.25) is 9.59 Å². The molecule has 0 radical (unpaired) electrons.